The molecular weight excluding hydrogens is 845 g/mol. The second kappa shape index (κ2) is 29.3. The first-order valence-corrected chi connectivity index (χ1v) is 25.9. The van der Waals surface area contributed by atoms with E-state index in [2.05, 4.69) is 83.1 Å². The fourth-order valence-electron chi connectivity index (χ4n) is 8.48. The zero-order valence-corrected chi connectivity index (χ0v) is 41.6. The van der Waals surface area contributed by atoms with Crippen molar-refractivity contribution >= 4 is 32.3 Å². The van der Waals surface area contributed by atoms with Crippen molar-refractivity contribution in [2.75, 3.05) is 85.9 Å². The van der Waals surface area contributed by atoms with Crippen LogP contribution >= 0.6 is 0 Å². The van der Waals surface area contributed by atoms with Crippen LogP contribution in [-0.4, -0.2) is 85.9 Å². The van der Waals surface area contributed by atoms with Gasteiger partial charge in [0.1, 0.15) is 19.0 Å². The van der Waals surface area contributed by atoms with Gasteiger partial charge in [0.25, 0.3) is 0 Å². The van der Waals surface area contributed by atoms with Gasteiger partial charge in [-0.05, 0) is 119 Å². The lowest BCUT2D eigenvalue weighted by Gasteiger charge is -2.22. The quantitative estimate of drug-likeness (QED) is 0.0394. The van der Waals surface area contributed by atoms with Crippen LogP contribution in [0.4, 0.5) is 0 Å². The van der Waals surface area contributed by atoms with Crippen molar-refractivity contribution in [3.8, 4) is 51.4 Å². The highest BCUT2D eigenvalue weighted by molar-refractivity contribution is 6.30. The van der Waals surface area contributed by atoms with Crippen LogP contribution in [0.25, 0.3) is 43.4 Å². The summed E-state index contributed by atoms with van der Waals surface area (Å²) in [5.41, 5.74) is 1.97. The molecule has 0 amide bonds. The largest absolute Gasteiger partial charge is 0.494 e. The first-order valence-electron chi connectivity index (χ1n) is 25.9. The zero-order chi connectivity index (χ0) is 46.9. The molecule has 10 heteroatoms. The Kier molecular flexibility index (Phi) is 22.6. The van der Waals surface area contributed by atoms with Crippen LogP contribution in [0.15, 0.2) is 54.6 Å². The van der Waals surface area contributed by atoms with E-state index in [9.17, 15) is 0 Å². The van der Waals surface area contributed by atoms with Crippen LogP contribution < -0.4 is 33.2 Å². The van der Waals surface area contributed by atoms with Crippen LogP contribution in [0.3, 0.4) is 0 Å². The van der Waals surface area contributed by atoms with Crippen LogP contribution in [-0.2, 0) is 14.2 Å². The minimum atomic E-state index is 0.356. The summed E-state index contributed by atoms with van der Waals surface area (Å²) >= 11 is 0. The number of unbranched alkanes of at least 4 members (excludes halogenated alkanes) is 10. The van der Waals surface area contributed by atoms with Crippen molar-refractivity contribution in [1.29, 1.82) is 0 Å². The van der Waals surface area contributed by atoms with Crippen molar-refractivity contribution < 1.29 is 47.4 Å². The molecule has 0 bridgehead atoms. The summed E-state index contributed by atoms with van der Waals surface area (Å²) in [6, 6.07) is 19.3. The van der Waals surface area contributed by atoms with Crippen LogP contribution in [0.1, 0.15) is 131 Å². The molecule has 368 valence electrons. The summed E-state index contributed by atoms with van der Waals surface area (Å²) in [7, 11) is 0. The van der Waals surface area contributed by atoms with Gasteiger partial charge >= 0.3 is 0 Å². The summed E-state index contributed by atoms with van der Waals surface area (Å²) in [5.74, 6) is 5.11. The molecule has 0 fully saturated rings. The Morgan fingerprint density at radius 3 is 1.42 bits per heavy atom. The third-order valence-corrected chi connectivity index (χ3v) is 12.1. The lowest BCUT2D eigenvalue weighted by Crippen LogP contribution is -2.13. The highest BCUT2D eigenvalue weighted by atomic mass is 16.6. The molecular formula is C57H80O10. The van der Waals surface area contributed by atoms with Gasteiger partial charge in [-0.3, -0.25) is 0 Å². The third kappa shape index (κ3) is 15.2. The van der Waals surface area contributed by atoms with E-state index >= 15 is 0 Å². The molecule has 67 heavy (non-hydrogen) atoms. The summed E-state index contributed by atoms with van der Waals surface area (Å²) in [6.07, 6.45) is 15.9. The minimum Gasteiger partial charge on any atom is -0.494 e. The predicted octanol–water partition coefficient (Wildman–Crippen LogP) is 14.5. The van der Waals surface area contributed by atoms with Gasteiger partial charge in [0.2, 0.25) is 0 Å². The van der Waals surface area contributed by atoms with Gasteiger partial charge in [-0.15, -0.1) is 0 Å². The standard InChI is InChI=1S/C57H80O10/c1-6-11-16-25-61-44-39-46(43-21-23-50-52(38-43)66-37-35-60-33-31-58-30-32-59-34-36-65-50)55-45-22-24-51(62-26-17-12-7-2)57(67-29-20-15-10-5)56(45)49-42-54(64-28-19-14-9-4)53(63-27-18-13-8-3)41-47(49)48(55)40-44/h21-24,38-42H,6-20,25-37H2,1-5H3. The van der Waals surface area contributed by atoms with E-state index in [-0.39, 0.29) is 0 Å². The van der Waals surface area contributed by atoms with Gasteiger partial charge in [0.15, 0.2) is 34.5 Å². The summed E-state index contributed by atoms with van der Waals surface area (Å²) in [5, 5.41) is 6.23. The van der Waals surface area contributed by atoms with E-state index < -0.39 is 0 Å². The van der Waals surface area contributed by atoms with Gasteiger partial charge in [-0.25, -0.2) is 0 Å². The lowest BCUT2D eigenvalue weighted by molar-refractivity contribution is 0.00708. The normalized spacial score (nSPS) is 13.9. The van der Waals surface area contributed by atoms with Crippen molar-refractivity contribution in [2.24, 2.45) is 0 Å². The van der Waals surface area contributed by atoms with Gasteiger partial charge in [0, 0.05) is 5.39 Å². The molecule has 5 aromatic rings. The maximum absolute atomic E-state index is 6.96. The molecule has 1 aliphatic heterocycles. The van der Waals surface area contributed by atoms with Gasteiger partial charge in [-0.1, -0.05) is 105 Å². The van der Waals surface area contributed by atoms with E-state index in [0.29, 0.717) is 97.4 Å². The molecule has 0 saturated carbocycles. The Hall–Kier alpha value is -4.64. The van der Waals surface area contributed by atoms with Crippen LogP contribution in [0, 0.1) is 0 Å². The number of benzene rings is 5. The van der Waals surface area contributed by atoms with Crippen molar-refractivity contribution in [3.63, 3.8) is 0 Å². The molecule has 0 atom stereocenters. The Morgan fingerprint density at radius 2 is 0.851 bits per heavy atom. The van der Waals surface area contributed by atoms with Crippen molar-refractivity contribution in [2.45, 2.75) is 131 Å². The Bertz CT molecular complexity index is 2210. The highest BCUT2D eigenvalue weighted by Crippen LogP contribution is 2.51. The summed E-state index contributed by atoms with van der Waals surface area (Å²) in [6.45, 7) is 17.7. The maximum atomic E-state index is 6.96. The number of rotatable bonds is 26. The van der Waals surface area contributed by atoms with E-state index in [1.165, 1.54) is 0 Å². The molecule has 5 aromatic carbocycles. The molecule has 1 aliphatic rings. The van der Waals surface area contributed by atoms with Gasteiger partial charge in [0.05, 0.1) is 72.7 Å². The molecule has 0 spiro atoms. The Morgan fingerprint density at radius 1 is 0.373 bits per heavy atom. The van der Waals surface area contributed by atoms with Crippen molar-refractivity contribution in [1.82, 2.24) is 0 Å². The molecule has 10 nitrogen and oxygen atoms in total. The van der Waals surface area contributed by atoms with E-state index in [1.54, 1.807) is 0 Å². The molecule has 0 N–H and O–H groups in total. The molecule has 0 aromatic heterocycles. The summed E-state index contributed by atoms with van der Waals surface area (Å²) in [4.78, 5) is 0. The average molecular weight is 925 g/mol. The van der Waals surface area contributed by atoms with E-state index in [0.717, 1.165) is 169 Å². The number of fused-ring (bicyclic) bond motifs is 7. The Balaban J connectivity index is 1.64. The van der Waals surface area contributed by atoms with E-state index in [4.69, 9.17) is 47.4 Å². The smallest absolute Gasteiger partial charge is 0.169 e. The second-order valence-corrected chi connectivity index (χ2v) is 17.5. The lowest BCUT2D eigenvalue weighted by atomic mass is 9.88. The second-order valence-electron chi connectivity index (χ2n) is 17.5. The average Bonchev–Trinajstić information content (AvgIpc) is 3.35. The van der Waals surface area contributed by atoms with Gasteiger partial charge < -0.3 is 47.4 Å². The monoisotopic (exact) mass is 925 g/mol. The Labute approximate surface area is 401 Å². The van der Waals surface area contributed by atoms with Gasteiger partial charge in [-0.2, -0.15) is 0 Å². The first kappa shape index (κ1) is 51.7. The number of hydrogen-bond acceptors (Lipinski definition) is 10. The number of hydrogen-bond donors (Lipinski definition) is 0. The molecule has 0 radical (unpaired) electrons. The minimum absolute atomic E-state index is 0.356. The molecule has 0 unspecified atom stereocenters. The fraction of sp³-hybridized carbons (Fsp3) is 0.579. The summed E-state index contributed by atoms with van der Waals surface area (Å²) < 4.78 is 63.8. The maximum Gasteiger partial charge on any atom is 0.169 e. The fourth-order valence-corrected chi connectivity index (χ4v) is 8.48. The van der Waals surface area contributed by atoms with Crippen molar-refractivity contribution in [3.05, 3.63) is 54.6 Å². The highest BCUT2D eigenvalue weighted by Gasteiger charge is 2.24. The first-order chi connectivity index (χ1) is 33.1. The molecule has 0 aliphatic carbocycles. The zero-order valence-electron chi connectivity index (χ0n) is 41.6. The molecule has 0 saturated heterocycles. The predicted molar refractivity (Wildman–Crippen MR) is 273 cm³/mol. The van der Waals surface area contributed by atoms with Crippen LogP contribution in [0.2, 0.25) is 0 Å². The van der Waals surface area contributed by atoms with Crippen LogP contribution in [0.5, 0.6) is 40.2 Å². The third-order valence-electron chi connectivity index (χ3n) is 12.1. The topological polar surface area (TPSA) is 92.3 Å². The molecule has 6 rings (SSSR count). The SMILES string of the molecule is CCCCCOc1cc(-c2ccc3c(c2)OCCOCCOCCOCCO3)c2c(c1)c1cc(OCCCCC)c(OCCCCC)cc1c1c(OCCCCC)c(OCCCCC)ccc21. The van der Waals surface area contributed by atoms with E-state index in [1.807, 2.05) is 6.07 Å². The molecule has 1 heterocycles. The number of ether oxygens (including phenoxy) is 10.